The summed E-state index contributed by atoms with van der Waals surface area (Å²) < 4.78 is 31.3. The van der Waals surface area contributed by atoms with Gasteiger partial charge in [-0.3, -0.25) is 13.9 Å². The summed E-state index contributed by atoms with van der Waals surface area (Å²) in [5.74, 6) is -0.00924. The van der Waals surface area contributed by atoms with Gasteiger partial charge >= 0.3 is 0 Å². The van der Waals surface area contributed by atoms with Crippen molar-refractivity contribution in [2.45, 2.75) is 52.6 Å². The van der Waals surface area contributed by atoms with Crippen molar-refractivity contribution in [2.24, 2.45) is 0 Å². The Morgan fingerprint density at radius 1 is 1.14 bits per heavy atom. The van der Waals surface area contributed by atoms with Crippen LogP contribution in [0.5, 0.6) is 5.75 Å². The SMILES string of the molecule is CCCNC(=O)[C@H](C)N(Cc1ccc(C)cc1)C(=O)CCCN(c1ccc(OC)c(Cl)c1)S(C)(=O)=O. The van der Waals surface area contributed by atoms with Crippen LogP contribution in [-0.4, -0.2) is 57.6 Å². The van der Waals surface area contributed by atoms with Crippen molar-refractivity contribution < 1.29 is 22.7 Å². The zero-order chi connectivity index (χ0) is 26.9. The summed E-state index contributed by atoms with van der Waals surface area (Å²) in [6, 6.07) is 11.9. The Hall–Kier alpha value is -2.78. The molecule has 0 aliphatic rings. The predicted octanol–water partition coefficient (Wildman–Crippen LogP) is 4.15. The van der Waals surface area contributed by atoms with Gasteiger partial charge in [0, 0.05) is 26.1 Å². The molecule has 1 atom stereocenters. The second-order valence-electron chi connectivity index (χ2n) is 8.73. The van der Waals surface area contributed by atoms with Crippen LogP contribution in [0.25, 0.3) is 0 Å². The molecule has 8 nitrogen and oxygen atoms in total. The fraction of sp³-hybridized carbons (Fsp3) is 0.462. The summed E-state index contributed by atoms with van der Waals surface area (Å²) in [7, 11) is -2.14. The van der Waals surface area contributed by atoms with E-state index in [2.05, 4.69) is 5.32 Å². The Morgan fingerprint density at radius 3 is 2.36 bits per heavy atom. The monoisotopic (exact) mass is 537 g/mol. The molecule has 0 aliphatic carbocycles. The summed E-state index contributed by atoms with van der Waals surface area (Å²) in [6.45, 7) is 6.55. The zero-order valence-corrected chi connectivity index (χ0v) is 23.2. The molecule has 10 heteroatoms. The molecule has 2 rings (SSSR count). The molecular weight excluding hydrogens is 502 g/mol. The van der Waals surface area contributed by atoms with Crippen LogP contribution in [-0.2, 0) is 26.2 Å². The lowest BCUT2D eigenvalue weighted by molar-refractivity contribution is -0.140. The highest BCUT2D eigenvalue weighted by molar-refractivity contribution is 7.92. The number of halogens is 1. The molecule has 0 spiro atoms. The third-order valence-electron chi connectivity index (χ3n) is 5.77. The van der Waals surface area contributed by atoms with E-state index in [1.807, 2.05) is 38.1 Å². The number of sulfonamides is 1. The number of carbonyl (C=O) groups excluding carboxylic acids is 2. The van der Waals surface area contributed by atoms with Crippen LogP contribution in [0.3, 0.4) is 0 Å². The van der Waals surface area contributed by atoms with E-state index in [0.29, 0.717) is 18.0 Å². The molecule has 0 unspecified atom stereocenters. The van der Waals surface area contributed by atoms with Crippen molar-refractivity contribution in [2.75, 3.05) is 30.8 Å². The summed E-state index contributed by atoms with van der Waals surface area (Å²) in [5, 5.41) is 3.14. The van der Waals surface area contributed by atoms with E-state index in [0.717, 1.165) is 23.8 Å². The first-order chi connectivity index (χ1) is 17.0. The molecule has 2 aromatic rings. The first kappa shape index (κ1) is 29.5. The fourth-order valence-electron chi connectivity index (χ4n) is 3.68. The van der Waals surface area contributed by atoms with Crippen LogP contribution in [0.2, 0.25) is 5.02 Å². The predicted molar refractivity (Wildman–Crippen MR) is 144 cm³/mol. The number of anilines is 1. The minimum Gasteiger partial charge on any atom is -0.495 e. The molecule has 1 N–H and O–H groups in total. The minimum absolute atomic E-state index is 0.0766. The maximum absolute atomic E-state index is 13.3. The summed E-state index contributed by atoms with van der Waals surface area (Å²) in [6.07, 6.45) is 2.24. The van der Waals surface area contributed by atoms with Crippen LogP contribution in [0.1, 0.15) is 44.2 Å². The minimum atomic E-state index is -3.62. The number of aryl methyl sites for hydroxylation is 1. The third-order valence-corrected chi connectivity index (χ3v) is 7.26. The Kier molecular flexibility index (Phi) is 11.0. The molecule has 0 saturated heterocycles. The van der Waals surface area contributed by atoms with Gasteiger partial charge in [-0.05, 0) is 50.5 Å². The second-order valence-corrected chi connectivity index (χ2v) is 11.0. The fourth-order valence-corrected chi connectivity index (χ4v) is 4.89. The van der Waals surface area contributed by atoms with E-state index in [9.17, 15) is 18.0 Å². The van der Waals surface area contributed by atoms with E-state index >= 15 is 0 Å². The molecule has 2 amide bonds. The third kappa shape index (κ3) is 8.41. The Morgan fingerprint density at radius 2 is 1.81 bits per heavy atom. The van der Waals surface area contributed by atoms with Crippen LogP contribution in [0.4, 0.5) is 5.69 Å². The first-order valence-corrected chi connectivity index (χ1v) is 14.1. The van der Waals surface area contributed by atoms with Gasteiger partial charge in [0.2, 0.25) is 21.8 Å². The molecule has 0 aromatic heterocycles. The lowest BCUT2D eigenvalue weighted by atomic mass is 10.1. The van der Waals surface area contributed by atoms with Crippen molar-refractivity contribution in [3.05, 3.63) is 58.6 Å². The molecule has 36 heavy (non-hydrogen) atoms. The maximum atomic E-state index is 13.3. The Labute approximate surface area is 219 Å². The lowest BCUT2D eigenvalue weighted by Crippen LogP contribution is -2.47. The summed E-state index contributed by atoms with van der Waals surface area (Å²) in [4.78, 5) is 27.5. The van der Waals surface area contributed by atoms with Gasteiger partial charge in [-0.2, -0.15) is 0 Å². The van der Waals surface area contributed by atoms with Gasteiger partial charge in [-0.25, -0.2) is 8.42 Å². The number of carbonyl (C=O) groups is 2. The number of methoxy groups -OCH3 is 1. The number of benzene rings is 2. The standard InChI is InChI=1S/C26H36ClN3O5S/c1-6-15-28-26(32)20(3)29(18-21-11-9-19(2)10-12-21)25(31)8-7-16-30(36(5,33)34)22-13-14-24(35-4)23(27)17-22/h9-14,17,20H,6-8,15-16,18H2,1-5H3,(H,28,32)/t20-/m0/s1. The van der Waals surface area contributed by atoms with Crippen molar-refractivity contribution in [3.8, 4) is 5.75 Å². The maximum Gasteiger partial charge on any atom is 0.242 e. The normalized spacial score (nSPS) is 12.1. The number of nitrogens with one attached hydrogen (secondary N) is 1. The van der Waals surface area contributed by atoms with Crippen molar-refractivity contribution in [3.63, 3.8) is 0 Å². The quantitative estimate of drug-likeness (QED) is 0.414. The zero-order valence-electron chi connectivity index (χ0n) is 21.6. The largest absolute Gasteiger partial charge is 0.495 e. The number of ether oxygens (including phenoxy) is 1. The number of rotatable bonds is 13. The highest BCUT2D eigenvalue weighted by Gasteiger charge is 2.26. The lowest BCUT2D eigenvalue weighted by Gasteiger charge is -2.29. The molecule has 2 aromatic carbocycles. The van der Waals surface area contributed by atoms with Crippen molar-refractivity contribution >= 4 is 39.1 Å². The molecule has 198 valence electrons. The van der Waals surface area contributed by atoms with E-state index in [-0.39, 0.29) is 42.8 Å². The highest BCUT2D eigenvalue weighted by atomic mass is 35.5. The van der Waals surface area contributed by atoms with Crippen LogP contribution < -0.4 is 14.4 Å². The van der Waals surface area contributed by atoms with Crippen LogP contribution >= 0.6 is 11.6 Å². The van der Waals surface area contributed by atoms with Gasteiger partial charge in [-0.15, -0.1) is 0 Å². The number of hydrogen-bond acceptors (Lipinski definition) is 5. The molecule has 0 fully saturated rings. The summed E-state index contributed by atoms with van der Waals surface area (Å²) in [5.41, 5.74) is 2.40. The van der Waals surface area contributed by atoms with E-state index < -0.39 is 16.1 Å². The topological polar surface area (TPSA) is 96.0 Å². The smallest absolute Gasteiger partial charge is 0.242 e. The van der Waals surface area contributed by atoms with Gasteiger partial charge in [0.05, 0.1) is 24.1 Å². The van der Waals surface area contributed by atoms with E-state index in [4.69, 9.17) is 16.3 Å². The average Bonchev–Trinajstić information content (AvgIpc) is 2.83. The van der Waals surface area contributed by atoms with E-state index in [1.54, 1.807) is 24.0 Å². The van der Waals surface area contributed by atoms with Gasteiger partial charge in [0.1, 0.15) is 11.8 Å². The van der Waals surface area contributed by atoms with Crippen molar-refractivity contribution in [1.82, 2.24) is 10.2 Å². The van der Waals surface area contributed by atoms with Crippen LogP contribution in [0, 0.1) is 6.92 Å². The number of nitrogens with zero attached hydrogens (tertiary/aromatic N) is 2. The first-order valence-electron chi connectivity index (χ1n) is 11.9. The molecule has 0 bridgehead atoms. The highest BCUT2D eigenvalue weighted by Crippen LogP contribution is 2.30. The molecule has 0 saturated carbocycles. The number of amides is 2. The van der Waals surface area contributed by atoms with Gasteiger partial charge < -0.3 is 15.0 Å². The average molecular weight is 538 g/mol. The molecule has 0 radical (unpaired) electrons. The molecular formula is C26H36ClN3O5S. The van der Waals surface area contributed by atoms with Gasteiger partial charge in [0.25, 0.3) is 0 Å². The molecule has 0 heterocycles. The second kappa shape index (κ2) is 13.5. The number of hydrogen-bond donors (Lipinski definition) is 1. The van der Waals surface area contributed by atoms with Crippen molar-refractivity contribution in [1.29, 1.82) is 0 Å². The summed E-state index contributed by atoms with van der Waals surface area (Å²) >= 11 is 6.19. The van der Waals surface area contributed by atoms with E-state index in [1.165, 1.54) is 17.5 Å². The molecule has 0 aliphatic heterocycles. The van der Waals surface area contributed by atoms with Crippen LogP contribution in [0.15, 0.2) is 42.5 Å². The Balaban J connectivity index is 2.17. The Bertz CT molecular complexity index is 1140. The van der Waals surface area contributed by atoms with Gasteiger partial charge in [-0.1, -0.05) is 48.4 Å². The van der Waals surface area contributed by atoms with Gasteiger partial charge in [0.15, 0.2) is 0 Å².